The molecular weight excluding hydrogens is 340 g/mol. The van der Waals surface area contributed by atoms with Crippen molar-refractivity contribution in [1.82, 2.24) is 20.4 Å². The number of urea groups is 1. The van der Waals surface area contributed by atoms with Gasteiger partial charge >= 0.3 is 6.03 Å². The molecule has 1 saturated carbocycles. The molecule has 1 atom stereocenters. The van der Waals surface area contributed by atoms with E-state index in [9.17, 15) is 9.59 Å². The summed E-state index contributed by atoms with van der Waals surface area (Å²) in [6.07, 6.45) is 5.95. The van der Waals surface area contributed by atoms with Gasteiger partial charge in [0.1, 0.15) is 6.04 Å². The molecule has 3 fully saturated rings. The summed E-state index contributed by atoms with van der Waals surface area (Å²) in [7, 11) is 0. The standard InChI is InChI=1S/C21H30N4O2/c26-19-18-15-25(14-13-24(18)12-11-22-19)20(27)23-16-21(9-5-2-6-10-21)17-7-3-1-4-8-17/h1,3-4,7-8,18H,2,5-6,9-16H2,(H,22,26)(H,23,27)/t18-/m0/s1. The van der Waals surface area contributed by atoms with Gasteiger partial charge in [-0.15, -0.1) is 0 Å². The largest absolute Gasteiger partial charge is 0.353 e. The van der Waals surface area contributed by atoms with Crippen LogP contribution in [-0.4, -0.2) is 67.0 Å². The Morgan fingerprint density at radius 2 is 1.89 bits per heavy atom. The van der Waals surface area contributed by atoms with Gasteiger partial charge in [0.25, 0.3) is 0 Å². The fraction of sp³-hybridized carbons (Fsp3) is 0.619. The van der Waals surface area contributed by atoms with Gasteiger partial charge in [0.15, 0.2) is 0 Å². The zero-order valence-corrected chi connectivity index (χ0v) is 16.0. The minimum Gasteiger partial charge on any atom is -0.353 e. The molecule has 6 heteroatoms. The maximum atomic E-state index is 12.9. The number of hydrogen-bond donors (Lipinski definition) is 2. The molecule has 0 unspecified atom stereocenters. The molecule has 6 nitrogen and oxygen atoms in total. The van der Waals surface area contributed by atoms with Gasteiger partial charge in [-0.2, -0.15) is 0 Å². The van der Waals surface area contributed by atoms with Crippen LogP contribution < -0.4 is 10.6 Å². The van der Waals surface area contributed by atoms with Crippen molar-refractivity contribution < 1.29 is 9.59 Å². The Morgan fingerprint density at radius 1 is 1.11 bits per heavy atom. The van der Waals surface area contributed by atoms with Crippen molar-refractivity contribution in [3.05, 3.63) is 35.9 Å². The summed E-state index contributed by atoms with van der Waals surface area (Å²) in [5.74, 6) is 0.0480. The molecule has 0 spiro atoms. The average molecular weight is 370 g/mol. The van der Waals surface area contributed by atoms with E-state index in [-0.39, 0.29) is 23.4 Å². The lowest BCUT2D eigenvalue weighted by atomic mass is 9.69. The first-order valence-electron chi connectivity index (χ1n) is 10.3. The minimum absolute atomic E-state index is 0.0334. The van der Waals surface area contributed by atoms with E-state index in [1.807, 2.05) is 11.0 Å². The molecule has 0 bridgehead atoms. The number of benzene rings is 1. The molecule has 4 rings (SSSR count). The van der Waals surface area contributed by atoms with Crippen molar-refractivity contribution in [3.63, 3.8) is 0 Å². The molecule has 0 radical (unpaired) electrons. The highest BCUT2D eigenvalue weighted by Gasteiger charge is 2.38. The monoisotopic (exact) mass is 370 g/mol. The lowest BCUT2D eigenvalue weighted by Crippen LogP contribution is -2.65. The van der Waals surface area contributed by atoms with Crippen LogP contribution in [0.2, 0.25) is 0 Å². The van der Waals surface area contributed by atoms with E-state index in [2.05, 4.69) is 39.8 Å². The summed E-state index contributed by atoms with van der Waals surface area (Å²) in [4.78, 5) is 29.0. The van der Waals surface area contributed by atoms with Crippen LogP contribution >= 0.6 is 0 Å². The number of carbonyl (C=O) groups is 2. The quantitative estimate of drug-likeness (QED) is 0.851. The van der Waals surface area contributed by atoms with Crippen molar-refractivity contribution in [2.24, 2.45) is 0 Å². The number of nitrogens with zero attached hydrogens (tertiary/aromatic N) is 2. The van der Waals surface area contributed by atoms with Gasteiger partial charge in [-0.25, -0.2) is 4.79 Å². The van der Waals surface area contributed by atoms with E-state index in [4.69, 9.17) is 0 Å². The van der Waals surface area contributed by atoms with Gasteiger partial charge in [-0.05, 0) is 18.4 Å². The van der Waals surface area contributed by atoms with Crippen LogP contribution in [0.5, 0.6) is 0 Å². The summed E-state index contributed by atoms with van der Waals surface area (Å²) < 4.78 is 0. The average Bonchev–Trinajstić information content (AvgIpc) is 2.73. The summed E-state index contributed by atoms with van der Waals surface area (Å²) in [5, 5.41) is 6.12. The highest BCUT2D eigenvalue weighted by Crippen LogP contribution is 2.38. The number of rotatable bonds is 3. The van der Waals surface area contributed by atoms with Crippen molar-refractivity contribution in [3.8, 4) is 0 Å². The third kappa shape index (κ3) is 3.81. The maximum Gasteiger partial charge on any atom is 0.317 e. The van der Waals surface area contributed by atoms with Gasteiger partial charge in [-0.3, -0.25) is 9.69 Å². The first-order valence-corrected chi connectivity index (χ1v) is 10.3. The second-order valence-electron chi connectivity index (χ2n) is 8.15. The lowest BCUT2D eigenvalue weighted by Gasteiger charge is -2.43. The van der Waals surface area contributed by atoms with Gasteiger partial charge in [-0.1, -0.05) is 49.6 Å². The molecule has 2 heterocycles. The maximum absolute atomic E-state index is 12.9. The third-order valence-corrected chi connectivity index (χ3v) is 6.55. The van der Waals surface area contributed by atoms with Crippen LogP contribution in [0.3, 0.4) is 0 Å². The third-order valence-electron chi connectivity index (χ3n) is 6.55. The second kappa shape index (κ2) is 7.89. The minimum atomic E-state index is -0.198. The van der Waals surface area contributed by atoms with Crippen LogP contribution in [0.25, 0.3) is 0 Å². The molecule has 1 aliphatic carbocycles. The van der Waals surface area contributed by atoms with Gasteiger partial charge in [0.05, 0.1) is 0 Å². The highest BCUT2D eigenvalue weighted by atomic mass is 16.2. The van der Waals surface area contributed by atoms with Crippen molar-refractivity contribution in [2.45, 2.75) is 43.6 Å². The molecule has 3 amide bonds. The predicted molar refractivity (Wildman–Crippen MR) is 105 cm³/mol. The fourth-order valence-electron chi connectivity index (χ4n) is 4.91. The van der Waals surface area contributed by atoms with Crippen molar-refractivity contribution in [1.29, 1.82) is 0 Å². The molecule has 0 aromatic heterocycles. The van der Waals surface area contributed by atoms with E-state index in [1.54, 1.807) is 0 Å². The lowest BCUT2D eigenvalue weighted by molar-refractivity contribution is -0.131. The number of piperazine rings is 2. The number of carbonyl (C=O) groups excluding carboxylic acids is 2. The summed E-state index contributed by atoms with van der Waals surface area (Å²) in [6, 6.07) is 10.4. The molecule has 2 N–H and O–H groups in total. The van der Waals surface area contributed by atoms with Crippen LogP contribution in [0, 0.1) is 0 Å². The summed E-state index contributed by atoms with van der Waals surface area (Å²) in [6.45, 7) is 4.20. The fourth-order valence-corrected chi connectivity index (χ4v) is 4.91. The zero-order valence-electron chi connectivity index (χ0n) is 16.0. The zero-order chi connectivity index (χ0) is 18.7. The molecule has 1 aromatic carbocycles. The number of amides is 3. The first-order chi connectivity index (χ1) is 13.2. The van der Waals surface area contributed by atoms with E-state index >= 15 is 0 Å². The van der Waals surface area contributed by atoms with Crippen LogP contribution in [0.4, 0.5) is 4.79 Å². The van der Waals surface area contributed by atoms with E-state index < -0.39 is 0 Å². The summed E-state index contributed by atoms with van der Waals surface area (Å²) >= 11 is 0. The van der Waals surface area contributed by atoms with Gasteiger partial charge in [0, 0.05) is 44.7 Å². The predicted octanol–water partition coefficient (Wildman–Crippen LogP) is 1.71. The number of nitrogens with one attached hydrogen (secondary N) is 2. The molecule has 2 aliphatic heterocycles. The van der Waals surface area contributed by atoms with E-state index in [1.165, 1.54) is 24.8 Å². The van der Waals surface area contributed by atoms with Gasteiger partial charge in [0.2, 0.25) is 5.91 Å². The first kappa shape index (κ1) is 18.3. The van der Waals surface area contributed by atoms with Gasteiger partial charge < -0.3 is 15.5 Å². The Bertz CT molecular complexity index is 672. The molecule has 2 saturated heterocycles. The van der Waals surface area contributed by atoms with Crippen LogP contribution in [-0.2, 0) is 10.2 Å². The SMILES string of the molecule is O=C1NCCN2CCN(C(=O)NCC3(c4ccccc4)CCCCC3)C[C@@H]12. The number of fused-ring (bicyclic) bond motifs is 1. The smallest absolute Gasteiger partial charge is 0.317 e. The molecule has 27 heavy (non-hydrogen) atoms. The topological polar surface area (TPSA) is 64.7 Å². The van der Waals surface area contributed by atoms with Crippen LogP contribution in [0.1, 0.15) is 37.7 Å². The Kier molecular flexibility index (Phi) is 5.34. The molecule has 146 valence electrons. The number of hydrogen-bond acceptors (Lipinski definition) is 3. The Morgan fingerprint density at radius 3 is 2.67 bits per heavy atom. The normalized spacial score (nSPS) is 25.4. The molecule has 3 aliphatic rings. The van der Waals surface area contributed by atoms with Crippen molar-refractivity contribution >= 4 is 11.9 Å². The molecular formula is C21H30N4O2. The highest BCUT2D eigenvalue weighted by molar-refractivity contribution is 5.84. The van der Waals surface area contributed by atoms with E-state index in [0.29, 0.717) is 26.2 Å². The summed E-state index contributed by atoms with van der Waals surface area (Å²) in [5.41, 5.74) is 1.38. The Balaban J connectivity index is 1.40. The van der Waals surface area contributed by atoms with E-state index in [0.717, 1.165) is 25.9 Å². The van der Waals surface area contributed by atoms with Crippen LogP contribution in [0.15, 0.2) is 30.3 Å². The second-order valence-corrected chi connectivity index (χ2v) is 8.15. The Hall–Kier alpha value is -2.08. The molecule has 1 aromatic rings. The Labute approximate surface area is 161 Å². The van der Waals surface area contributed by atoms with Crippen molar-refractivity contribution in [2.75, 3.05) is 39.3 Å².